The molecule has 1 N–H and O–H groups in total. The smallest absolute Gasteiger partial charge is 0.0613 e. The van der Waals surface area contributed by atoms with Crippen molar-refractivity contribution >= 4 is 0 Å². The van der Waals surface area contributed by atoms with E-state index < -0.39 is 0 Å². The molecule has 0 amide bonds. The van der Waals surface area contributed by atoms with Gasteiger partial charge in [0.05, 0.1) is 6.61 Å². The zero-order valence-corrected chi connectivity index (χ0v) is 10.6. The SMILES string of the molecule is COCC(C)NCCN(C(C)C)C1CC1. The van der Waals surface area contributed by atoms with Gasteiger partial charge in [0.25, 0.3) is 0 Å². The van der Waals surface area contributed by atoms with Gasteiger partial charge in [0.2, 0.25) is 0 Å². The molecule has 0 saturated heterocycles. The second-order valence-corrected chi connectivity index (χ2v) is 4.87. The number of hydrogen-bond acceptors (Lipinski definition) is 3. The number of ether oxygens (including phenoxy) is 1. The molecule has 1 rings (SSSR count). The lowest BCUT2D eigenvalue weighted by molar-refractivity contribution is 0.164. The van der Waals surface area contributed by atoms with Crippen molar-refractivity contribution in [1.29, 1.82) is 0 Å². The lowest BCUT2D eigenvalue weighted by atomic mass is 10.3. The molecule has 1 fully saturated rings. The molecular formula is C12H26N2O. The minimum Gasteiger partial charge on any atom is -0.383 e. The van der Waals surface area contributed by atoms with E-state index in [9.17, 15) is 0 Å². The van der Waals surface area contributed by atoms with Crippen LogP contribution in [0, 0.1) is 0 Å². The van der Waals surface area contributed by atoms with Gasteiger partial charge in [-0.15, -0.1) is 0 Å². The van der Waals surface area contributed by atoms with Crippen molar-refractivity contribution in [2.24, 2.45) is 0 Å². The Hall–Kier alpha value is -0.120. The third-order valence-corrected chi connectivity index (χ3v) is 2.96. The van der Waals surface area contributed by atoms with Crippen molar-refractivity contribution in [2.45, 2.75) is 51.7 Å². The third kappa shape index (κ3) is 4.96. The van der Waals surface area contributed by atoms with Crippen LogP contribution in [-0.2, 0) is 4.74 Å². The van der Waals surface area contributed by atoms with Crippen LogP contribution in [0.1, 0.15) is 33.6 Å². The molecule has 1 saturated carbocycles. The second kappa shape index (κ2) is 6.46. The summed E-state index contributed by atoms with van der Waals surface area (Å²) in [5, 5.41) is 3.48. The normalized spacial score (nSPS) is 18.8. The molecule has 0 aliphatic heterocycles. The van der Waals surface area contributed by atoms with E-state index in [4.69, 9.17) is 4.74 Å². The van der Waals surface area contributed by atoms with Gasteiger partial charge in [-0.2, -0.15) is 0 Å². The quantitative estimate of drug-likeness (QED) is 0.662. The largest absolute Gasteiger partial charge is 0.383 e. The van der Waals surface area contributed by atoms with E-state index >= 15 is 0 Å². The van der Waals surface area contributed by atoms with Gasteiger partial charge in [-0.05, 0) is 33.6 Å². The summed E-state index contributed by atoms with van der Waals surface area (Å²) in [5.41, 5.74) is 0. The van der Waals surface area contributed by atoms with Crippen molar-refractivity contribution in [1.82, 2.24) is 10.2 Å². The van der Waals surface area contributed by atoms with E-state index in [2.05, 4.69) is 31.0 Å². The summed E-state index contributed by atoms with van der Waals surface area (Å²) in [7, 11) is 1.75. The predicted molar refractivity (Wildman–Crippen MR) is 64.2 cm³/mol. The molecular weight excluding hydrogens is 188 g/mol. The Morgan fingerprint density at radius 3 is 2.47 bits per heavy atom. The number of nitrogens with one attached hydrogen (secondary N) is 1. The maximum atomic E-state index is 5.09. The van der Waals surface area contributed by atoms with E-state index in [1.165, 1.54) is 12.8 Å². The van der Waals surface area contributed by atoms with E-state index in [-0.39, 0.29) is 0 Å². The van der Waals surface area contributed by atoms with Gasteiger partial charge in [0, 0.05) is 38.3 Å². The number of nitrogens with zero attached hydrogens (tertiary/aromatic N) is 1. The Kier molecular flexibility index (Phi) is 5.58. The average molecular weight is 214 g/mol. The molecule has 1 unspecified atom stereocenters. The van der Waals surface area contributed by atoms with Crippen molar-refractivity contribution < 1.29 is 4.74 Å². The molecule has 0 radical (unpaired) electrons. The highest BCUT2D eigenvalue weighted by Crippen LogP contribution is 2.27. The standard InChI is InChI=1S/C12H26N2O/c1-10(2)14(12-5-6-12)8-7-13-11(3)9-15-4/h10-13H,5-9H2,1-4H3. The molecule has 0 aromatic heterocycles. The number of hydrogen-bond donors (Lipinski definition) is 1. The molecule has 90 valence electrons. The Morgan fingerprint density at radius 1 is 1.33 bits per heavy atom. The van der Waals surface area contributed by atoms with Crippen LogP contribution < -0.4 is 5.32 Å². The highest BCUT2D eigenvalue weighted by Gasteiger charge is 2.29. The van der Waals surface area contributed by atoms with Gasteiger partial charge < -0.3 is 10.1 Å². The highest BCUT2D eigenvalue weighted by molar-refractivity contribution is 4.86. The predicted octanol–water partition coefficient (Wildman–Crippen LogP) is 1.48. The summed E-state index contributed by atoms with van der Waals surface area (Å²) >= 11 is 0. The molecule has 3 nitrogen and oxygen atoms in total. The monoisotopic (exact) mass is 214 g/mol. The van der Waals surface area contributed by atoms with Crippen molar-refractivity contribution in [2.75, 3.05) is 26.8 Å². The minimum absolute atomic E-state index is 0.461. The van der Waals surface area contributed by atoms with Gasteiger partial charge in [-0.25, -0.2) is 0 Å². The van der Waals surface area contributed by atoms with Gasteiger partial charge >= 0.3 is 0 Å². The molecule has 1 aliphatic carbocycles. The third-order valence-electron chi connectivity index (χ3n) is 2.96. The van der Waals surface area contributed by atoms with Crippen molar-refractivity contribution in [3.63, 3.8) is 0 Å². The Balaban J connectivity index is 2.11. The Morgan fingerprint density at radius 2 is 2.00 bits per heavy atom. The summed E-state index contributed by atoms with van der Waals surface area (Å²) < 4.78 is 5.09. The summed E-state index contributed by atoms with van der Waals surface area (Å²) in [6, 6.07) is 2.00. The van der Waals surface area contributed by atoms with Crippen LogP contribution in [0.5, 0.6) is 0 Å². The summed E-state index contributed by atoms with van der Waals surface area (Å²) in [4.78, 5) is 2.60. The first kappa shape index (κ1) is 12.9. The lowest BCUT2D eigenvalue weighted by Gasteiger charge is -2.27. The van der Waals surface area contributed by atoms with Gasteiger partial charge in [-0.3, -0.25) is 4.90 Å². The van der Waals surface area contributed by atoms with Gasteiger partial charge in [0.15, 0.2) is 0 Å². The van der Waals surface area contributed by atoms with E-state index in [0.29, 0.717) is 12.1 Å². The molecule has 15 heavy (non-hydrogen) atoms. The molecule has 0 aromatic rings. The van der Waals surface area contributed by atoms with Crippen LogP contribution in [0.3, 0.4) is 0 Å². The molecule has 1 aliphatic rings. The minimum atomic E-state index is 0.461. The second-order valence-electron chi connectivity index (χ2n) is 4.87. The van der Waals surface area contributed by atoms with E-state index in [1.54, 1.807) is 7.11 Å². The fourth-order valence-corrected chi connectivity index (χ4v) is 2.02. The highest BCUT2D eigenvalue weighted by atomic mass is 16.5. The molecule has 0 bridgehead atoms. The maximum absolute atomic E-state index is 5.09. The van der Waals surface area contributed by atoms with Gasteiger partial charge in [0.1, 0.15) is 0 Å². The Bertz CT molecular complexity index is 167. The summed E-state index contributed by atoms with van der Waals surface area (Å²) in [6.45, 7) is 9.77. The van der Waals surface area contributed by atoms with Crippen molar-refractivity contribution in [3.05, 3.63) is 0 Å². The van der Waals surface area contributed by atoms with Crippen LogP contribution >= 0.6 is 0 Å². The zero-order valence-electron chi connectivity index (χ0n) is 10.6. The zero-order chi connectivity index (χ0) is 11.3. The number of methoxy groups -OCH3 is 1. The average Bonchev–Trinajstić information content (AvgIpc) is 2.95. The first-order chi connectivity index (χ1) is 7.15. The van der Waals surface area contributed by atoms with Crippen molar-refractivity contribution in [3.8, 4) is 0 Å². The van der Waals surface area contributed by atoms with Crippen LogP contribution in [0.4, 0.5) is 0 Å². The fourth-order valence-electron chi connectivity index (χ4n) is 2.02. The maximum Gasteiger partial charge on any atom is 0.0613 e. The van der Waals surface area contributed by atoms with E-state index in [1.807, 2.05) is 0 Å². The molecule has 0 aromatic carbocycles. The molecule has 0 spiro atoms. The van der Waals surface area contributed by atoms with Gasteiger partial charge in [-0.1, -0.05) is 0 Å². The lowest BCUT2D eigenvalue weighted by Crippen LogP contribution is -2.41. The van der Waals surface area contributed by atoms with Crippen LogP contribution in [-0.4, -0.2) is 49.8 Å². The summed E-state index contributed by atoms with van der Waals surface area (Å²) in [6.07, 6.45) is 2.79. The van der Waals surface area contributed by atoms with Crippen LogP contribution in [0.25, 0.3) is 0 Å². The fraction of sp³-hybridized carbons (Fsp3) is 1.00. The topological polar surface area (TPSA) is 24.5 Å². The van der Waals surface area contributed by atoms with Crippen LogP contribution in [0.2, 0.25) is 0 Å². The first-order valence-corrected chi connectivity index (χ1v) is 6.13. The number of rotatable bonds is 8. The Labute approximate surface area is 94.2 Å². The molecule has 3 heteroatoms. The molecule has 0 heterocycles. The first-order valence-electron chi connectivity index (χ1n) is 6.13. The van der Waals surface area contributed by atoms with E-state index in [0.717, 1.165) is 25.7 Å². The molecule has 1 atom stereocenters. The summed E-state index contributed by atoms with van der Waals surface area (Å²) in [5.74, 6) is 0. The van der Waals surface area contributed by atoms with Crippen LogP contribution in [0.15, 0.2) is 0 Å².